The van der Waals surface area contributed by atoms with Crippen LogP contribution in [0.15, 0.2) is 24.3 Å². The quantitative estimate of drug-likeness (QED) is 0.770. The summed E-state index contributed by atoms with van der Waals surface area (Å²) in [6.45, 7) is 1.32. The lowest BCUT2D eigenvalue weighted by Gasteiger charge is -2.41. The molecule has 3 heterocycles. The molecule has 3 atom stereocenters. The Kier molecular flexibility index (Phi) is 6.61. The van der Waals surface area contributed by atoms with Crippen molar-refractivity contribution in [3.63, 3.8) is 0 Å². The summed E-state index contributed by atoms with van der Waals surface area (Å²) in [5, 5.41) is 0. The molecule has 5 rings (SSSR count). The summed E-state index contributed by atoms with van der Waals surface area (Å²) < 4.78 is 21.3. The molecule has 28 heavy (non-hydrogen) atoms. The number of piperidine rings is 1. The Balaban J connectivity index is 1.59. The Hall–Kier alpha value is -1.08. The molecule has 1 aromatic carbocycles. The fourth-order valence-electron chi connectivity index (χ4n) is 5.24. The van der Waals surface area contributed by atoms with Gasteiger partial charge in [0.05, 0.1) is 24.8 Å². The van der Waals surface area contributed by atoms with E-state index >= 15 is 0 Å². The molecule has 1 aliphatic carbocycles. The average Bonchev–Trinajstić information content (AvgIpc) is 2.72. The molecule has 0 spiro atoms. The highest BCUT2D eigenvalue weighted by molar-refractivity contribution is 7.88. The standard InChI is InChI=1S/C22H32N2O3S/c1-28(26)23-20-7-4-14-24-21(20)15-27-18-11-8-17(9-12-18)19-6-3-2-5-16(19)10-13-22(24)25/h2-3,5-6,17-18,20-21,23H,4,7-15H2,1H3/t17-,18+,20?,21?,28?. The third-order valence-corrected chi connectivity index (χ3v) is 7.33. The van der Waals surface area contributed by atoms with Gasteiger partial charge >= 0.3 is 0 Å². The Morgan fingerprint density at radius 1 is 1.14 bits per heavy atom. The van der Waals surface area contributed by atoms with Crippen LogP contribution in [0.5, 0.6) is 0 Å². The maximum atomic E-state index is 13.1. The zero-order valence-corrected chi connectivity index (χ0v) is 17.6. The fourth-order valence-corrected chi connectivity index (χ4v) is 5.95. The molecule has 1 amide bonds. The van der Waals surface area contributed by atoms with Crippen molar-refractivity contribution < 1.29 is 14.1 Å². The summed E-state index contributed by atoms with van der Waals surface area (Å²) in [4.78, 5) is 15.1. The molecule has 0 radical (unpaired) electrons. The van der Waals surface area contributed by atoms with Crippen LogP contribution in [0.25, 0.3) is 0 Å². The lowest BCUT2D eigenvalue weighted by Crippen LogP contribution is -2.59. The largest absolute Gasteiger partial charge is 0.598 e. The molecule has 5 nitrogen and oxygen atoms in total. The van der Waals surface area contributed by atoms with Gasteiger partial charge in [0, 0.05) is 24.3 Å². The lowest BCUT2D eigenvalue weighted by molar-refractivity contribution is -0.138. The van der Waals surface area contributed by atoms with Gasteiger partial charge in [-0.25, -0.2) is 0 Å². The second-order valence-electron chi connectivity index (χ2n) is 8.48. The second kappa shape index (κ2) is 9.16. The highest BCUT2D eigenvalue weighted by Crippen LogP contribution is 2.36. The minimum atomic E-state index is -1.09. The van der Waals surface area contributed by atoms with Crippen LogP contribution in [0.2, 0.25) is 0 Å². The average molecular weight is 405 g/mol. The van der Waals surface area contributed by atoms with Gasteiger partial charge in [0.1, 0.15) is 6.26 Å². The number of aryl methyl sites for hydroxylation is 1. The van der Waals surface area contributed by atoms with E-state index in [2.05, 4.69) is 29.0 Å². The lowest BCUT2D eigenvalue weighted by atomic mass is 9.80. The number of carbonyl (C=O) groups excluding carboxylic acids is 1. The van der Waals surface area contributed by atoms with E-state index in [1.807, 2.05) is 4.90 Å². The summed E-state index contributed by atoms with van der Waals surface area (Å²) in [5.41, 5.74) is 2.77. The maximum absolute atomic E-state index is 13.1. The number of nitrogens with one attached hydrogen (secondary N) is 1. The van der Waals surface area contributed by atoms with Gasteiger partial charge in [0.15, 0.2) is 0 Å². The summed E-state index contributed by atoms with van der Waals surface area (Å²) in [5.74, 6) is 0.787. The van der Waals surface area contributed by atoms with Crippen LogP contribution in [-0.4, -0.2) is 53.0 Å². The SMILES string of the molecule is C[S+]([O-])NC1CCCN2C(=O)CCc3ccccc3[C@H]3CC[C@H](CC3)OCC12. The smallest absolute Gasteiger partial charge is 0.223 e. The minimum Gasteiger partial charge on any atom is -0.598 e. The molecule has 0 aromatic heterocycles. The summed E-state index contributed by atoms with van der Waals surface area (Å²) in [6.07, 6.45) is 9.63. The Morgan fingerprint density at radius 3 is 2.71 bits per heavy atom. The molecular weight excluding hydrogens is 372 g/mol. The number of rotatable bonds is 2. The minimum absolute atomic E-state index is 0.0288. The number of benzene rings is 1. The molecule has 1 saturated carbocycles. The molecule has 2 bridgehead atoms. The summed E-state index contributed by atoms with van der Waals surface area (Å²) in [6, 6.07) is 8.69. The van der Waals surface area contributed by atoms with Gasteiger partial charge in [0.25, 0.3) is 0 Å². The van der Waals surface area contributed by atoms with Crippen molar-refractivity contribution in [2.75, 3.05) is 19.4 Å². The summed E-state index contributed by atoms with van der Waals surface area (Å²) >= 11 is -1.09. The number of carbonyl (C=O) groups is 1. The van der Waals surface area contributed by atoms with Crippen molar-refractivity contribution in [3.8, 4) is 0 Å². The van der Waals surface area contributed by atoms with E-state index in [1.54, 1.807) is 6.26 Å². The van der Waals surface area contributed by atoms with Crippen LogP contribution in [0, 0.1) is 0 Å². The molecule has 4 aliphatic rings. The van der Waals surface area contributed by atoms with Crippen LogP contribution < -0.4 is 4.72 Å². The normalized spacial score (nSPS) is 32.5. The second-order valence-corrected chi connectivity index (χ2v) is 9.62. The molecule has 3 aliphatic heterocycles. The van der Waals surface area contributed by atoms with Gasteiger partial charge in [-0.15, -0.1) is 4.72 Å². The van der Waals surface area contributed by atoms with Crippen LogP contribution in [-0.2, 0) is 27.3 Å². The fraction of sp³-hybridized carbons (Fsp3) is 0.682. The first-order valence-electron chi connectivity index (χ1n) is 10.7. The molecule has 1 saturated heterocycles. The van der Waals surface area contributed by atoms with Crippen LogP contribution in [0.1, 0.15) is 62.0 Å². The van der Waals surface area contributed by atoms with Crippen molar-refractivity contribution in [1.82, 2.24) is 9.62 Å². The third kappa shape index (κ3) is 4.56. The Bertz CT molecular complexity index is 676. The first-order chi connectivity index (χ1) is 13.6. The number of ether oxygens (including phenoxy) is 1. The Labute approximate surface area is 171 Å². The molecule has 1 N–H and O–H groups in total. The van der Waals surface area contributed by atoms with Gasteiger partial charge in [-0.3, -0.25) is 4.79 Å². The Morgan fingerprint density at radius 2 is 1.93 bits per heavy atom. The van der Waals surface area contributed by atoms with E-state index in [-0.39, 0.29) is 24.1 Å². The van der Waals surface area contributed by atoms with Crippen LogP contribution in [0.4, 0.5) is 0 Å². The van der Waals surface area contributed by atoms with Crippen molar-refractivity contribution in [2.45, 2.75) is 75.5 Å². The zero-order valence-electron chi connectivity index (χ0n) is 16.8. The van der Waals surface area contributed by atoms with Gasteiger partial charge < -0.3 is 14.2 Å². The van der Waals surface area contributed by atoms with Gasteiger partial charge in [-0.1, -0.05) is 24.3 Å². The summed E-state index contributed by atoms with van der Waals surface area (Å²) in [7, 11) is 0. The molecule has 1 aromatic rings. The zero-order chi connectivity index (χ0) is 19.5. The van der Waals surface area contributed by atoms with E-state index < -0.39 is 11.4 Å². The van der Waals surface area contributed by atoms with E-state index in [9.17, 15) is 9.35 Å². The number of fused-ring (bicyclic) bond motifs is 5. The van der Waals surface area contributed by atoms with E-state index in [1.165, 1.54) is 11.1 Å². The van der Waals surface area contributed by atoms with Gasteiger partial charge in [-0.2, -0.15) is 0 Å². The topological polar surface area (TPSA) is 64.6 Å². The number of hydrogen-bond acceptors (Lipinski definition) is 4. The number of amides is 1. The predicted molar refractivity (Wildman–Crippen MR) is 111 cm³/mol. The first kappa shape index (κ1) is 20.2. The van der Waals surface area contributed by atoms with Gasteiger partial charge in [0.2, 0.25) is 5.91 Å². The third-order valence-electron chi connectivity index (χ3n) is 6.70. The van der Waals surface area contributed by atoms with Crippen LogP contribution >= 0.6 is 0 Å². The highest BCUT2D eigenvalue weighted by atomic mass is 32.2. The molecule has 3 unspecified atom stereocenters. The van der Waals surface area contributed by atoms with Crippen molar-refractivity contribution in [3.05, 3.63) is 35.4 Å². The number of hydrogen-bond donors (Lipinski definition) is 1. The molecule has 2 fully saturated rings. The molecule has 6 heteroatoms. The van der Waals surface area contributed by atoms with E-state index in [4.69, 9.17) is 4.74 Å². The molecular formula is C22H32N2O3S. The highest BCUT2D eigenvalue weighted by Gasteiger charge is 2.37. The predicted octanol–water partition coefficient (Wildman–Crippen LogP) is 2.92. The van der Waals surface area contributed by atoms with E-state index in [0.717, 1.165) is 51.5 Å². The maximum Gasteiger partial charge on any atom is 0.223 e. The number of nitrogens with zero attached hydrogens (tertiary/aromatic N) is 1. The van der Waals surface area contributed by atoms with Crippen molar-refractivity contribution >= 4 is 17.3 Å². The molecule has 154 valence electrons. The van der Waals surface area contributed by atoms with Gasteiger partial charge in [-0.05, 0) is 62.0 Å². The van der Waals surface area contributed by atoms with Crippen LogP contribution in [0.3, 0.4) is 0 Å². The van der Waals surface area contributed by atoms with E-state index in [0.29, 0.717) is 18.9 Å². The first-order valence-corrected chi connectivity index (χ1v) is 12.3. The monoisotopic (exact) mass is 404 g/mol. The van der Waals surface area contributed by atoms with Crippen molar-refractivity contribution in [1.29, 1.82) is 0 Å². The van der Waals surface area contributed by atoms with Crippen molar-refractivity contribution in [2.24, 2.45) is 0 Å².